The monoisotopic (exact) mass is 345 g/mol. The Kier molecular flexibility index (Phi) is 6.25. The number of rotatable bonds is 7. The summed E-state index contributed by atoms with van der Waals surface area (Å²) in [4.78, 5) is 15.2. The summed E-state index contributed by atoms with van der Waals surface area (Å²) < 4.78 is 67.6. The molecule has 0 aromatic carbocycles. The molecule has 2 unspecified atom stereocenters. The van der Waals surface area contributed by atoms with Crippen LogP contribution in [0.1, 0.15) is 9.16 Å². The van der Waals surface area contributed by atoms with Crippen LogP contribution in [0, 0.1) is 6.57 Å². The lowest BCUT2D eigenvalue weighted by molar-refractivity contribution is -0.187. The first-order valence-electron chi connectivity index (χ1n) is 7.52. The van der Waals surface area contributed by atoms with Crippen molar-refractivity contribution in [3.8, 4) is 0 Å². The number of carbonyl (C=O) groups excluding carboxylic acids is 1. The minimum atomic E-state index is -5.02. The fourth-order valence-electron chi connectivity index (χ4n) is 2.10. The molecule has 10 heteroatoms. The highest BCUT2D eigenvalue weighted by Gasteiger charge is 2.49. The van der Waals surface area contributed by atoms with E-state index < -0.39 is 46.3 Å². The van der Waals surface area contributed by atoms with Crippen LogP contribution in [0.25, 0.3) is 4.85 Å². The summed E-state index contributed by atoms with van der Waals surface area (Å²) in [6.07, 6.45) is -5.61. The Morgan fingerprint density at radius 3 is 3.00 bits per heavy atom. The number of likely N-dealkylation sites (tertiary alicyclic amines) is 1. The zero-order chi connectivity index (χ0) is 18.3. The molecule has 1 amide bonds. The normalized spacial score (nSPS) is 26.0. The molecule has 0 aromatic heterocycles. The molecule has 0 aromatic rings. The van der Waals surface area contributed by atoms with Gasteiger partial charge in [-0.05, 0) is 6.42 Å². The fourth-order valence-corrected chi connectivity index (χ4v) is 3.12. The van der Waals surface area contributed by atoms with Crippen LogP contribution in [0.4, 0.5) is 13.2 Å². The number of nitrogens with zero attached hydrogens (tertiary/aromatic N) is 2. The highest BCUT2D eigenvalue weighted by atomic mass is 31.2. The summed E-state index contributed by atoms with van der Waals surface area (Å²) in [5.74, 6) is -2.00. The summed E-state index contributed by atoms with van der Waals surface area (Å²) in [6.45, 7) is 7.96. The molecule has 4 atom stereocenters. The Morgan fingerprint density at radius 2 is 2.41 bits per heavy atom. The Morgan fingerprint density at radius 1 is 1.68 bits per heavy atom. The second kappa shape index (κ2) is 8.63. The summed E-state index contributed by atoms with van der Waals surface area (Å²) in [5.41, 5.74) is 0. The molecule has 1 fully saturated rings. The Bertz CT molecular complexity index is 465. The molecular weight excluding hydrogens is 324 g/mol. The Balaban J connectivity index is 2.72. The molecular formula is C12H18F3N2O4P. The van der Waals surface area contributed by atoms with Gasteiger partial charge in [0.1, 0.15) is 6.61 Å². The highest BCUT2D eigenvalue weighted by Crippen LogP contribution is 2.39. The molecule has 0 radical (unpaired) electrons. The molecule has 0 aliphatic carbocycles. The van der Waals surface area contributed by atoms with E-state index in [0.29, 0.717) is 4.90 Å². The average molecular weight is 345 g/mol. The van der Waals surface area contributed by atoms with Crippen LogP contribution in [-0.4, -0.2) is 69.2 Å². The number of halogens is 3. The van der Waals surface area contributed by atoms with Gasteiger partial charge in [0.25, 0.3) is 0 Å². The fraction of sp³-hybridized carbons (Fsp3) is 0.833. The molecule has 126 valence electrons. The maximum Gasteiger partial charge on any atom is 0.471 e. The average Bonchev–Trinajstić information content (AvgIpc) is 2.86. The van der Waals surface area contributed by atoms with Crippen molar-refractivity contribution in [2.24, 2.45) is 0 Å². The minimum absolute atomic E-state index is 0.144. The quantitative estimate of drug-likeness (QED) is 0.403. The Hall–Kier alpha value is -0.940. The van der Waals surface area contributed by atoms with Gasteiger partial charge >= 0.3 is 12.1 Å². The predicted octanol–water partition coefficient (Wildman–Crippen LogP) is 2.06. The third-order valence-electron chi connectivity index (χ3n) is 3.01. The standard InChI is InChI=1S/C12H18F3N2O4P/c1-16-5-7-20-22(3)21-10-4-6-17(9(10)8-19-2)11(18)12(13,14)15/h9-10H,4-8H2,2-3H3/t9-,10-,22?/m1/s1/i2TD/t2?,9-,10-,22?. The molecule has 1 aliphatic rings. The van der Waals surface area contributed by atoms with Gasteiger partial charge in [-0.15, -0.1) is 0 Å². The largest absolute Gasteiger partial charge is 0.471 e. The van der Waals surface area contributed by atoms with Crippen LogP contribution in [-0.2, 0) is 18.6 Å². The van der Waals surface area contributed by atoms with Crippen molar-refractivity contribution in [3.63, 3.8) is 0 Å². The summed E-state index contributed by atoms with van der Waals surface area (Å²) >= 11 is 0. The van der Waals surface area contributed by atoms with E-state index in [1.165, 1.54) is 0 Å². The number of hydrogen-bond donors (Lipinski definition) is 0. The topological polar surface area (TPSA) is 52.4 Å². The van der Waals surface area contributed by atoms with Gasteiger partial charge in [0.05, 0.1) is 21.5 Å². The molecule has 1 saturated heterocycles. The van der Waals surface area contributed by atoms with Crippen LogP contribution in [0.3, 0.4) is 0 Å². The van der Waals surface area contributed by atoms with Crippen LogP contribution in [0.5, 0.6) is 0 Å². The third kappa shape index (κ3) is 5.36. The molecule has 0 bridgehead atoms. The highest BCUT2D eigenvalue weighted by molar-refractivity contribution is 7.46. The summed E-state index contributed by atoms with van der Waals surface area (Å²) in [5, 5.41) is 0. The van der Waals surface area contributed by atoms with Crippen molar-refractivity contribution in [1.82, 2.24) is 4.90 Å². The van der Waals surface area contributed by atoms with Crippen LogP contribution in [0.15, 0.2) is 0 Å². The molecule has 1 aliphatic heterocycles. The van der Waals surface area contributed by atoms with Crippen molar-refractivity contribution in [1.29, 1.82) is 0 Å². The first-order chi connectivity index (χ1) is 11.2. The summed E-state index contributed by atoms with van der Waals surface area (Å²) in [7, 11) is -3.11. The Labute approximate surface area is 131 Å². The first-order valence-corrected chi connectivity index (χ1v) is 7.99. The van der Waals surface area contributed by atoms with Crippen LogP contribution < -0.4 is 0 Å². The molecule has 0 N–H and O–H groups in total. The van der Waals surface area contributed by atoms with Gasteiger partial charge in [-0.1, -0.05) is 0 Å². The van der Waals surface area contributed by atoms with Gasteiger partial charge in [-0.25, -0.2) is 6.57 Å². The van der Waals surface area contributed by atoms with Gasteiger partial charge in [-0.3, -0.25) is 4.79 Å². The molecule has 6 nitrogen and oxygen atoms in total. The van der Waals surface area contributed by atoms with E-state index >= 15 is 0 Å². The van der Waals surface area contributed by atoms with Gasteiger partial charge in [0, 0.05) is 20.3 Å². The first kappa shape index (κ1) is 15.9. The van der Waals surface area contributed by atoms with Gasteiger partial charge in [0.15, 0.2) is 8.38 Å². The molecule has 0 spiro atoms. The van der Waals surface area contributed by atoms with Gasteiger partial charge in [-0.2, -0.15) is 13.2 Å². The number of carbonyl (C=O) groups is 1. The van der Waals surface area contributed by atoms with Crippen molar-refractivity contribution < 1.29 is 34.5 Å². The van der Waals surface area contributed by atoms with Crippen molar-refractivity contribution >= 4 is 14.3 Å². The maximum absolute atomic E-state index is 12.7. The lowest BCUT2D eigenvalue weighted by Crippen LogP contribution is -2.48. The lowest BCUT2D eigenvalue weighted by atomic mass is 10.2. The third-order valence-corrected chi connectivity index (χ3v) is 4.13. The predicted molar refractivity (Wildman–Crippen MR) is 73.2 cm³/mol. The van der Waals surface area contributed by atoms with E-state index in [-0.39, 0.29) is 26.1 Å². The molecule has 1 rings (SSSR count). The number of methoxy groups -OCH3 is 1. The minimum Gasteiger partial charge on any atom is -0.382 e. The number of hydrogen-bond acceptors (Lipinski definition) is 4. The summed E-state index contributed by atoms with van der Waals surface area (Å²) in [6, 6.07) is -1.05. The lowest BCUT2D eigenvalue weighted by Gasteiger charge is -2.29. The second-order valence-corrected chi connectivity index (χ2v) is 5.83. The number of amides is 1. The van der Waals surface area contributed by atoms with E-state index in [2.05, 4.69) is 4.85 Å². The van der Waals surface area contributed by atoms with E-state index in [0.717, 1.165) is 0 Å². The van der Waals surface area contributed by atoms with E-state index in [1.807, 2.05) is 0 Å². The molecule has 0 saturated carbocycles. The zero-order valence-electron chi connectivity index (χ0n) is 13.9. The van der Waals surface area contributed by atoms with Crippen molar-refractivity contribution in [3.05, 3.63) is 11.4 Å². The maximum atomic E-state index is 12.7. The van der Waals surface area contributed by atoms with E-state index in [9.17, 15) is 18.0 Å². The van der Waals surface area contributed by atoms with Gasteiger partial charge in [0.2, 0.25) is 6.54 Å². The molecule has 1 heterocycles. The zero-order valence-corrected chi connectivity index (χ0v) is 12.8. The van der Waals surface area contributed by atoms with Crippen molar-refractivity contribution in [2.75, 3.05) is 40.0 Å². The van der Waals surface area contributed by atoms with E-state index in [1.54, 1.807) is 6.66 Å². The van der Waals surface area contributed by atoms with E-state index in [4.69, 9.17) is 23.1 Å². The van der Waals surface area contributed by atoms with Gasteiger partial charge < -0.3 is 23.5 Å². The van der Waals surface area contributed by atoms with Crippen LogP contribution >= 0.6 is 8.38 Å². The number of alkyl halides is 3. The second-order valence-electron chi connectivity index (χ2n) is 4.48. The smallest absolute Gasteiger partial charge is 0.382 e. The van der Waals surface area contributed by atoms with Crippen molar-refractivity contribution in [2.45, 2.75) is 24.7 Å². The van der Waals surface area contributed by atoms with Crippen LogP contribution in [0.2, 0.25) is 0 Å². The SMILES string of the molecule is [2H]C([3H])OC[C@@H]1[C@H](OP(C)OCC[N+]#[C-])CCN1C(=O)C(F)(F)F. The molecule has 22 heavy (non-hydrogen) atoms. The number of ether oxygens (including phenoxy) is 1.